The zero-order valence-corrected chi connectivity index (χ0v) is 15.3. The molecule has 0 radical (unpaired) electrons. The number of carbonyl (C=O) groups excluding carboxylic acids is 2. The lowest BCUT2D eigenvalue weighted by atomic mass is 10.0. The van der Waals surface area contributed by atoms with Crippen LogP contribution in [0.5, 0.6) is 0 Å². The molecule has 0 heterocycles. The summed E-state index contributed by atoms with van der Waals surface area (Å²) >= 11 is 0. The second-order valence-electron chi connectivity index (χ2n) is 5.88. The molecule has 0 bridgehead atoms. The number of ether oxygens (including phenoxy) is 1. The highest BCUT2D eigenvalue weighted by atomic mass is 32.2. The van der Waals surface area contributed by atoms with Gasteiger partial charge in [-0.25, -0.2) is 22.7 Å². The van der Waals surface area contributed by atoms with E-state index in [2.05, 4.69) is 5.32 Å². The zero-order chi connectivity index (χ0) is 20.0. The van der Waals surface area contributed by atoms with E-state index >= 15 is 0 Å². The molecule has 1 atom stereocenters. The van der Waals surface area contributed by atoms with Crippen molar-refractivity contribution in [3.05, 3.63) is 65.5 Å². The second-order valence-corrected chi connectivity index (χ2v) is 7.44. The fraction of sp³-hybridized carbons (Fsp3) is 0.222. The summed E-state index contributed by atoms with van der Waals surface area (Å²) in [6.45, 7) is 1.63. The van der Waals surface area contributed by atoms with Gasteiger partial charge in [-0.05, 0) is 29.7 Å². The van der Waals surface area contributed by atoms with E-state index in [1.807, 2.05) is 37.3 Å². The summed E-state index contributed by atoms with van der Waals surface area (Å²) in [4.78, 5) is 23.3. The Morgan fingerprint density at radius 3 is 2.48 bits per heavy atom. The Bertz CT molecular complexity index is 932. The van der Waals surface area contributed by atoms with Crippen molar-refractivity contribution in [2.45, 2.75) is 17.7 Å². The smallest absolute Gasteiger partial charge is 0.341 e. The van der Waals surface area contributed by atoms with Gasteiger partial charge in [0.1, 0.15) is 5.82 Å². The Labute approximate surface area is 156 Å². The molecule has 0 aromatic heterocycles. The van der Waals surface area contributed by atoms with Crippen LogP contribution < -0.4 is 10.5 Å². The van der Waals surface area contributed by atoms with Gasteiger partial charge in [-0.15, -0.1) is 0 Å². The third-order valence-electron chi connectivity index (χ3n) is 3.79. The second kappa shape index (κ2) is 8.74. The summed E-state index contributed by atoms with van der Waals surface area (Å²) in [5, 5.41) is 7.56. The lowest BCUT2D eigenvalue weighted by Gasteiger charge is -2.13. The maximum Gasteiger partial charge on any atom is 0.341 e. The van der Waals surface area contributed by atoms with Gasteiger partial charge in [0.05, 0.1) is 10.5 Å². The number of benzene rings is 2. The number of esters is 1. The van der Waals surface area contributed by atoms with Crippen LogP contribution in [0, 0.1) is 5.82 Å². The molecule has 2 aromatic rings. The van der Waals surface area contributed by atoms with E-state index in [4.69, 9.17) is 9.88 Å². The number of sulfonamides is 1. The summed E-state index contributed by atoms with van der Waals surface area (Å²) in [5.41, 5.74) is 0.420. The van der Waals surface area contributed by atoms with Crippen LogP contribution in [-0.4, -0.2) is 33.4 Å². The molecule has 0 aliphatic rings. The Morgan fingerprint density at radius 1 is 1.19 bits per heavy atom. The summed E-state index contributed by atoms with van der Waals surface area (Å²) in [6, 6.07) is 12.0. The first-order valence-corrected chi connectivity index (χ1v) is 9.54. The molecule has 1 amide bonds. The molecule has 144 valence electrons. The van der Waals surface area contributed by atoms with Crippen LogP contribution in [0.4, 0.5) is 4.39 Å². The third-order valence-corrected chi connectivity index (χ3v) is 4.71. The number of rotatable bonds is 7. The molecule has 3 N–H and O–H groups in total. The number of amides is 1. The topological polar surface area (TPSA) is 116 Å². The first kappa shape index (κ1) is 20.5. The number of nitrogens with one attached hydrogen (secondary N) is 1. The molecule has 0 aliphatic carbocycles. The van der Waals surface area contributed by atoms with E-state index in [0.29, 0.717) is 6.54 Å². The molecule has 0 saturated heterocycles. The predicted octanol–water partition coefficient (Wildman–Crippen LogP) is 1.55. The van der Waals surface area contributed by atoms with Crippen molar-refractivity contribution in [2.75, 3.05) is 13.2 Å². The molecule has 0 saturated carbocycles. The zero-order valence-electron chi connectivity index (χ0n) is 14.5. The maximum atomic E-state index is 13.7. The Balaban J connectivity index is 1.91. The van der Waals surface area contributed by atoms with E-state index in [0.717, 1.165) is 23.8 Å². The molecular formula is C18H19FN2O5S. The van der Waals surface area contributed by atoms with Crippen molar-refractivity contribution in [1.82, 2.24) is 5.32 Å². The molecule has 2 rings (SSSR count). The van der Waals surface area contributed by atoms with Crippen molar-refractivity contribution < 1.29 is 27.1 Å². The number of primary sulfonamides is 1. The fourth-order valence-electron chi connectivity index (χ4n) is 2.26. The van der Waals surface area contributed by atoms with Gasteiger partial charge in [0.25, 0.3) is 5.91 Å². The normalized spacial score (nSPS) is 12.3. The summed E-state index contributed by atoms with van der Waals surface area (Å²) in [6.07, 6.45) is 0. The minimum Gasteiger partial charge on any atom is -0.452 e. The molecule has 27 heavy (non-hydrogen) atoms. The Hall–Kier alpha value is -2.78. The summed E-state index contributed by atoms with van der Waals surface area (Å²) in [5.74, 6) is -2.65. The standard InChI is InChI=1S/C18H19FN2O5S/c1-12(13-5-3-2-4-6-13)10-21-17(22)11-26-18(23)15-9-14(27(20,24)25)7-8-16(15)19/h2-9,12H,10-11H2,1H3,(H,21,22)(H2,20,24,25)/t12-/m1/s1. The van der Waals surface area contributed by atoms with Crippen LogP contribution in [0.15, 0.2) is 53.4 Å². The summed E-state index contributed by atoms with van der Waals surface area (Å²) < 4.78 is 41.1. The molecule has 7 nitrogen and oxygen atoms in total. The van der Waals surface area contributed by atoms with Crippen LogP contribution in [0.25, 0.3) is 0 Å². The molecule has 9 heteroatoms. The SMILES string of the molecule is C[C@H](CNC(=O)COC(=O)c1cc(S(N)(=O)=O)ccc1F)c1ccccc1. The van der Waals surface area contributed by atoms with Gasteiger partial charge in [0, 0.05) is 6.54 Å². The Morgan fingerprint density at radius 2 is 1.85 bits per heavy atom. The van der Waals surface area contributed by atoms with Gasteiger partial charge in [-0.2, -0.15) is 0 Å². The lowest BCUT2D eigenvalue weighted by Crippen LogP contribution is -2.31. The van der Waals surface area contributed by atoms with E-state index in [-0.39, 0.29) is 5.92 Å². The van der Waals surface area contributed by atoms with Crippen molar-refractivity contribution >= 4 is 21.9 Å². The number of carbonyl (C=O) groups is 2. The predicted molar refractivity (Wildman–Crippen MR) is 95.9 cm³/mol. The van der Waals surface area contributed by atoms with Crippen LogP contribution >= 0.6 is 0 Å². The largest absolute Gasteiger partial charge is 0.452 e. The highest BCUT2D eigenvalue weighted by molar-refractivity contribution is 7.89. The van der Waals surface area contributed by atoms with E-state index in [1.165, 1.54) is 0 Å². The van der Waals surface area contributed by atoms with Crippen LogP contribution in [-0.2, 0) is 19.6 Å². The molecule has 0 aliphatic heterocycles. The monoisotopic (exact) mass is 394 g/mol. The van der Waals surface area contributed by atoms with Crippen LogP contribution in [0.1, 0.15) is 28.8 Å². The van der Waals surface area contributed by atoms with Gasteiger partial charge in [-0.1, -0.05) is 37.3 Å². The van der Waals surface area contributed by atoms with E-state index in [1.54, 1.807) is 0 Å². The van der Waals surface area contributed by atoms with Gasteiger partial charge < -0.3 is 10.1 Å². The van der Waals surface area contributed by atoms with Gasteiger partial charge in [0.2, 0.25) is 10.0 Å². The van der Waals surface area contributed by atoms with Crippen molar-refractivity contribution in [2.24, 2.45) is 5.14 Å². The number of hydrogen-bond acceptors (Lipinski definition) is 5. The lowest BCUT2D eigenvalue weighted by molar-refractivity contribution is -0.124. The quantitative estimate of drug-likeness (QED) is 0.692. The van der Waals surface area contributed by atoms with Crippen LogP contribution in [0.3, 0.4) is 0 Å². The van der Waals surface area contributed by atoms with Crippen molar-refractivity contribution in [3.8, 4) is 0 Å². The average molecular weight is 394 g/mol. The number of halogens is 1. The average Bonchev–Trinajstić information content (AvgIpc) is 2.64. The number of nitrogens with two attached hydrogens (primary N) is 1. The first-order chi connectivity index (χ1) is 12.7. The van der Waals surface area contributed by atoms with Crippen molar-refractivity contribution in [3.63, 3.8) is 0 Å². The van der Waals surface area contributed by atoms with Crippen molar-refractivity contribution in [1.29, 1.82) is 0 Å². The first-order valence-electron chi connectivity index (χ1n) is 7.99. The minimum atomic E-state index is -4.11. The maximum absolute atomic E-state index is 13.7. The molecule has 0 spiro atoms. The molecule has 0 fully saturated rings. The third kappa shape index (κ3) is 5.87. The highest BCUT2D eigenvalue weighted by Crippen LogP contribution is 2.15. The minimum absolute atomic E-state index is 0.0507. The van der Waals surface area contributed by atoms with Gasteiger partial charge in [0.15, 0.2) is 6.61 Å². The fourth-order valence-corrected chi connectivity index (χ4v) is 2.80. The van der Waals surface area contributed by atoms with E-state index in [9.17, 15) is 22.4 Å². The molecule has 2 aromatic carbocycles. The number of hydrogen-bond donors (Lipinski definition) is 2. The van der Waals surface area contributed by atoms with Crippen LogP contribution in [0.2, 0.25) is 0 Å². The van der Waals surface area contributed by atoms with Gasteiger partial charge in [-0.3, -0.25) is 4.79 Å². The summed E-state index contributed by atoms with van der Waals surface area (Å²) in [7, 11) is -4.11. The molecule has 0 unspecified atom stereocenters. The molecular weight excluding hydrogens is 375 g/mol. The Kier molecular flexibility index (Phi) is 6.65. The highest BCUT2D eigenvalue weighted by Gasteiger charge is 2.19. The van der Waals surface area contributed by atoms with E-state index < -0.39 is 44.8 Å². The van der Waals surface area contributed by atoms with Gasteiger partial charge >= 0.3 is 5.97 Å².